The van der Waals surface area contributed by atoms with Crippen LogP contribution >= 0.6 is 11.3 Å². The molecule has 0 radical (unpaired) electrons. The number of imide groups is 1. The van der Waals surface area contributed by atoms with Crippen molar-refractivity contribution in [3.05, 3.63) is 70.9 Å². The van der Waals surface area contributed by atoms with Crippen molar-refractivity contribution in [2.75, 3.05) is 12.3 Å². The van der Waals surface area contributed by atoms with E-state index in [9.17, 15) is 19.8 Å². The highest BCUT2D eigenvalue weighted by Gasteiger charge is 2.48. The van der Waals surface area contributed by atoms with Gasteiger partial charge in [0.1, 0.15) is 30.1 Å². The van der Waals surface area contributed by atoms with E-state index in [1.165, 1.54) is 33.5 Å². The molecule has 4 N–H and O–H groups in total. The Morgan fingerprint density at radius 3 is 2.62 bits per heavy atom. The first-order chi connectivity index (χ1) is 18.9. The number of hydrogen-bond donors (Lipinski definition) is 3. The molecule has 4 aromatic rings. The first kappa shape index (κ1) is 25.4. The summed E-state index contributed by atoms with van der Waals surface area (Å²) < 4.78 is 7.50. The number of imidazole rings is 1. The van der Waals surface area contributed by atoms with Crippen LogP contribution in [0.5, 0.6) is 0 Å². The fourth-order valence-electron chi connectivity index (χ4n) is 5.19. The van der Waals surface area contributed by atoms with Crippen molar-refractivity contribution in [3.8, 4) is 0 Å². The van der Waals surface area contributed by atoms with Crippen LogP contribution in [0.25, 0.3) is 11.2 Å². The number of amides is 3. The van der Waals surface area contributed by atoms with Gasteiger partial charge in [-0.3, -0.25) is 14.3 Å². The maximum Gasteiger partial charge on any atom is 0.327 e. The molecular weight excluding hydrogens is 522 g/mol. The van der Waals surface area contributed by atoms with Gasteiger partial charge in [0, 0.05) is 17.8 Å². The van der Waals surface area contributed by atoms with Crippen molar-refractivity contribution < 1.29 is 24.5 Å². The standard InChI is InChI=1S/C26H27N7O5S/c27-22-19-23(29-13-28-22)33(14-30-19)25-21(35)20(34)18(38-25)8-9-31-24(36)17(11-15-5-2-1-3-6-15)32(26(31)37)12-16-7-4-10-39-16/h1-7,10,13-14,17-18,20-21,25,34-35H,8-9,11-12H2,(H2,27,28,29)/t17?,18?,20?,21-,25-/m1/s1. The van der Waals surface area contributed by atoms with E-state index in [1.807, 2.05) is 47.8 Å². The number of carbonyl (C=O) groups is 2. The van der Waals surface area contributed by atoms with Crippen LogP contribution < -0.4 is 5.73 Å². The van der Waals surface area contributed by atoms with Crippen LogP contribution in [0.4, 0.5) is 10.6 Å². The second-order valence-corrected chi connectivity index (χ2v) is 10.6. The van der Waals surface area contributed by atoms with Crippen LogP contribution in [0.15, 0.2) is 60.5 Å². The molecule has 202 valence electrons. The predicted octanol–water partition coefficient (Wildman–Crippen LogP) is 1.55. The van der Waals surface area contributed by atoms with Gasteiger partial charge in [0.2, 0.25) is 0 Å². The van der Waals surface area contributed by atoms with Gasteiger partial charge in [0.05, 0.1) is 19.0 Å². The maximum atomic E-state index is 13.5. The number of anilines is 1. The van der Waals surface area contributed by atoms with E-state index in [1.54, 1.807) is 4.90 Å². The van der Waals surface area contributed by atoms with Crippen molar-refractivity contribution in [2.24, 2.45) is 0 Å². The van der Waals surface area contributed by atoms with Gasteiger partial charge in [-0.05, 0) is 23.4 Å². The Balaban J connectivity index is 1.18. The lowest BCUT2D eigenvalue weighted by Gasteiger charge is -2.21. The molecule has 3 aromatic heterocycles. The Bertz CT molecular complexity index is 1480. The van der Waals surface area contributed by atoms with Crippen molar-refractivity contribution >= 4 is 40.3 Å². The zero-order valence-electron chi connectivity index (χ0n) is 20.8. The molecule has 13 heteroatoms. The summed E-state index contributed by atoms with van der Waals surface area (Å²) in [6.07, 6.45) is -1.10. The predicted molar refractivity (Wildman–Crippen MR) is 141 cm³/mol. The number of aliphatic hydroxyl groups excluding tert-OH is 2. The molecule has 39 heavy (non-hydrogen) atoms. The van der Waals surface area contributed by atoms with Crippen LogP contribution in [0.2, 0.25) is 0 Å². The molecule has 5 heterocycles. The minimum absolute atomic E-state index is 0.0326. The smallest absolute Gasteiger partial charge is 0.327 e. The van der Waals surface area contributed by atoms with Crippen LogP contribution in [0.1, 0.15) is 23.1 Å². The molecule has 0 bridgehead atoms. The lowest BCUT2D eigenvalue weighted by atomic mass is 10.0. The van der Waals surface area contributed by atoms with Gasteiger partial charge in [-0.15, -0.1) is 11.3 Å². The van der Waals surface area contributed by atoms with E-state index in [4.69, 9.17) is 10.5 Å². The second-order valence-electron chi connectivity index (χ2n) is 9.60. The Morgan fingerprint density at radius 2 is 1.85 bits per heavy atom. The number of aromatic nitrogens is 4. The third-order valence-electron chi connectivity index (χ3n) is 7.22. The largest absolute Gasteiger partial charge is 0.388 e. The number of benzene rings is 1. The Hall–Kier alpha value is -3.91. The average molecular weight is 550 g/mol. The van der Waals surface area contributed by atoms with Gasteiger partial charge < -0.3 is 25.6 Å². The van der Waals surface area contributed by atoms with E-state index in [2.05, 4.69) is 15.0 Å². The fourth-order valence-corrected chi connectivity index (χ4v) is 5.90. The maximum absolute atomic E-state index is 13.5. The number of nitrogen functional groups attached to an aromatic ring is 1. The molecule has 5 atom stereocenters. The molecule has 0 saturated carbocycles. The van der Waals surface area contributed by atoms with Gasteiger partial charge in [-0.25, -0.2) is 19.7 Å². The summed E-state index contributed by atoms with van der Waals surface area (Å²) in [7, 11) is 0. The fraction of sp³-hybridized carbons (Fsp3) is 0.346. The minimum Gasteiger partial charge on any atom is -0.388 e. The number of ether oxygens (including phenoxy) is 1. The molecule has 3 amide bonds. The lowest BCUT2D eigenvalue weighted by Crippen LogP contribution is -2.37. The van der Waals surface area contributed by atoms with Crippen LogP contribution in [0, 0.1) is 0 Å². The van der Waals surface area contributed by atoms with E-state index in [-0.39, 0.29) is 30.7 Å². The lowest BCUT2D eigenvalue weighted by molar-refractivity contribution is -0.128. The van der Waals surface area contributed by atoms with Gasteiger partial charge in [0.15, 0.2) is 17.7 Å². The summed E-state index contributed by atoms with van der Waals surface area (Å²) in [5.74, 6) is -0.107. The molecule has 2 aliphatic rings. The quantitative estimate of drug-likeness (QED) is 0.277. The molecule has 6 rings (SSSR count). The molecule has 3 unspecified atom stereocenters. The minimum atomic E-state index is -1.28. The van der Waals surface area contributed by atoms with Gasteiger partial charge in [-0.2, -0.15) is 0 Å². The molecule has 2 saturated heterocycles. The van der Waals surface area contributed by atoms with E-state index < -0.39 is 30.6 Å². The molecular formula is C26H27N7O5S. The van der Waals surface area contributed by atoms with Crippen LogP contribution in [-0.4, -0.2) is 82.4 Å². The molecule has 0 aliphatic carbocycles. The summed E-state index contributed by atoms with van der Waals surface area (Å²) >= 11 is 1.53. The number of carbonyl (C=O) groups excluding carboxylic acids is 2. The monoisotopic (exact) mass is 549 g/mol. The van der Waals surface area contributed by atoms with Crippen LogP contribution in [0.3, 0.4) is 0 Å². The summed E-state index contributed by atoms with van der Waals surface area (Å²) in [4.78, 5) is 43.1. The Labute approximate surface area is 227 Å². The third-order valence-corrected chi connectivity index (χ3v) is 8.08. The highest BCUT2D eigenvalue weighted by Crippen LogP contribution is 2.34. The SMILES string of the molecule is Nc1ncnc2c1ncn2[C@@H]1OC(CCN2C(=O)C(Cc3ccccc3)N(Cc3cccs3)C2=O)C(O)[C@H]1O. The number of nitrogens with two attached hydrogens (primary N) is 1. The van der Waals surface area contributed by atoms with Gasteiger partial charge >= 0.3 is 6.03 Å². The second kappa shape index (κ2) is 10.3. The van der Waals surface area contributed by atoms with Crippen molar-refractivity contribution in [3.63, 3.8) is 0 Å². The average Bonchev–Trinajstić information content (AvgIpc) is 3.71. The third kappa shape index (κ3) is 4.63. The first-order valence-corrected chi connectivity index (χ1v) is 13.4. The number of urea groups is 1. The molecule has 1 aromatic carbocycles. The van der Waals surface area contributed by atoms with Crippen molar-refractivity contribution in [2.45, 2.75) is 50.0 Å². The summed E-state index contributed by atoms with van der Waals surface area (Å²) in [5.41, 5.74) is 7.53. The summed E-state index contributed by atoms with van der Waals surface area (Å²) in [6, 6.07) is 12.4. The Morgan fingerprint density at radius 1 is 1.03 bits per heavy atom. The van der Waals surface area contributed by atoms with Crippen molar-refractivity contribution in [1.29, 1.82) is 0 Å². The van der Waals surface area contributed by atoms with Crippen LogP contribution in [-0.2, 0) is 22.5 Å². The number of thiophene rings is 1. The highest BCUT2D eigenvalue weighted by atomic mass is 32.1. The Kier molecular flexibility index (Phi) is 6.73. The van der Waals surface area contributed by atoms with Gasteiger partial charge in [0.25, 0.3) is 5.91 Å². The topological polar surface area (TPSA) is 160 Å². The zero-order chi connectivity index (χ0) is 27.1. The van der Waals surface area contributed by atoms with E-state index >= 15 is 0 Å². The number of aliphatic hydroxyl groups is 2. The molecule has 0 spiro atoms. The zero-order valence-corrected chi connectivity index (χ0v) is 21.6. The van der Waals surface area contributed by atoms with Crippen molar-refractivity contribution in [1.82, 2.24) is 29.3 Å². The number of nitrogens with zero attached hydrogens (tertiary/aromatic N) is 6. The summed E-state index contributed by atoms with van der Waals surface area (Å²) in [5, 5.41) is 23.5. The normalized spacial score (nSPS) is 25.3. The molecule has 2 fully saturated rings. The van der Waals surface area contributed by atoms with E-state index in [0.29, 0.717) is 24.1 Å². The van der Waals surface area contributed by atoms with Gasteiger partial charge in [-0.1, -0.05) is 36.4 Å². The highest BCUT2D eigenvalue weighted by molar-refractivity contribution is 7.09. The summed E-state index contributed by atoms with van der Waals surface area (Å²) in [6.45, 7) is 0.364. The molecule has 2 aliphatic heterocycles. The number of rotatable bonds is 8. The van der Waals surface area contributed by atoms with E-state index in [0.717, 1.165) is 10.4 Å². The number of hydrogen-bond acceptors (Lipinski definition) is 10. The molecule has 12 nitrogen and oxygen atoms in total. The number of fused-ring (bicyclic) bond motifs is 1. The first-order valence-electron chi connectivity index (χ1n) is 12.5.